The van der Waals surface area contributed by atoms with Crippen LogP contribution >= 0.6 is 0 Å². The zero-order valence-electron chi connectivity index (χ0n) is 9.79. The van der Waals surface area contributed by atoms with Crippen LogP contribution in [0.15, 0.2) is 29.1 Å². The molecule has 1 aliphatic rings. The summed E-state index contributed by atoms with van der Waals surface area (Å²) in [5, 5.41) is 0. The molecule has 3 nitrogen and oxygen atoms in total. The molecular formula is C14H14N2O. The standard InChI is InChI=1S/C14H14N2O/c1-9-5-2-3-6-10(9)13-15-12-8-4-7-11(12)14(17)16-13/h2-3,5-6H,4,7-8H2,1H3,(H,15,16,17). The molecule has 0 saturated heterocycles. The van der Waals surface area contributed by atoms with Crippen molar-refractivity contribution in [3.8, 4) is 11.4 Å². The first-order valence-electron chi connectivity index (χ1n) is 5.94. The van der Waals surface area contributed by atoms with Crippen molar-refractivity contribution >= 4 is 0 Å². The molecule has 1 aliphatic carbocycles. The monoisotopic (exact) mass is 226 g/mol. The Kier molecular flexibility index (Phi) is 2.32. The largest absolute Gasteiger partial charge is 0.306 e. The zero-order valence-corrected chi connectivity index (χ0v) is 9.79. The van der Waals surface area contributed by atoms with Gasteiger partial charge in [0.05, 0.1) is 5.69 Å². The highest BCUT2D eigenvalue weighted by Gasteiger charge is 2.17. The third-order valence-electron chi connectivity index (χ3n) is 3.34. The topological polar surface area (TPSA) is 45.8 Å². The minimum Gasteiger partial charge on any atom is -0.306 e. The fourth-order valence-corrected chi connectivity index (χ4v) is 2.41. The van der Waals surface area contributed by atoms with Gasteiger partial charge in [-0.1, -0.05) is 24.3 Å². The number of aromatic nitrogens is 2. The molecule has 0 amide bonds. The second kappa shape index (κ2) is 3.84. The van der Waals surface area contributed by atoms with Crippen LogP contribution in [0.3, 0.4) is 0 Å². The normalized spacial score (nSPS) is 13.7. The summed E-state index contributed by atoms with van der Waals surface area (Å²) in [6, 6.07) is 7.98. The van der Waals surface area contributed by atoms with Crippen molar-refractivity contribution in [3.63, 3.8) is 0 Å². The molecule has 0 fully saturated rings. The lowest BCUT2D eigenvalue weighted by Gasteiger charge is -2.06. The van der Waals surface area contributed by atoms with Crippen molar-refractivity contribution in [3.05, 3.63) is 51.4 Å². The lowest BCUT2D eigenvalue weighted by Crippen LogP contribution is -2.15. The number of nitrogens with zero attached hydrogens (tertiary/aromatic N) is 1. The Morgan fingerprint density at radius 2 is 2.06 bits per heavy atom. The maximum atomic E-state index is 11.9. The molecule has 0 unspecified atom stereocenters. The number of fused-ring (bicyclic) bond motifs is 1. The predicted molar refractivity (Wildman–Crippen MR) is 67.1 cm³/mol. The second-order valence-electron chi connectivity index (χ2n) is 4.51. The average Bonchev–Trinajstić information content (AvgIpc) is 2.78. The number of hydrogen-bond donors (Lipinski definition) is 1. The van der Waals surface area contributed by atoms with Gasteiger partial charge in [-0.2, -0.15) is 0 Å². The van der Waals surface area contributed by atoms with E-state index in [0.29, 0.717) is 5.82 Å². The molecule has 86 valence electrons. The first kappa shape index (κ1) is 10.3. The lowest BCUT2D eigenvalue weighted by molar-refractivity contribution is 0.899. The minimum absolute atomic E-state index is 0.0331. The van der Waals surface area contributed by atoms with Gasteiger partial charge in [-0.05, 0) is 31.7 Å². The average molecular weight is 226 g/mol. The van der Waals surface area contributed by atoms with Crippen molar-refractivity contribution < 1.29 is 0 Å². The first-order chi connectivity index (χ1) is 8.25. The Hall–Kier alpha value is -1.90. The van der Waals surface area contributed by atoms with Crippen molar-refractivity contribution in [1.82, 2.24) is 9.97 Å². The summed E-state index contributed by atoms with van der Waals surface area (Å²) in [4.78, 5) is 19.4. The quantitative estimate of drug-likeness (QED) is 0.810. The van der Waals surface area contributed by atoms with Crippen molar-refractivity contribution in [2.24, 2.45) is 0 Å². The minimum atomic E-state index is 0.0331. The van der Waals surface area contributed by atoms with Crippen molar-refractivity contribution in [2.75, 3.05) is 0 Å². The first-order valence-corrected chi connectivity index (χ1v) is 5.94. The van der Waals surface area contributed by atoms with Crippen LogP contribution < -0.4 is 5.56 Å². The van der Waals surface area contributed by atoms with E-state index < -0.39 is 0 Å². The molecule has 1 aromatic carbocycles. The van der Waals surface area contributed by atoms with Gasteiger partial charge < -0.3 is 4.98 Å². The third-order valence-corrected chi connectivity index (χ3v) is 3.34. The van der Waals surface area contributed by atoms with E-state index in [2.05, 4.69) is 9.97 Å². The van der Waals surface area contributed by atoms with Gasteiger partial charge in [0.2, 0.25) is 0 Å². The molecule has 1 N–H and O–H groups in total. The molecule has 17 heavy (non-hydrogen) atoms. The Balaban J connectivity index is 2.20. The van der Waals surface area contributed by atoms with Gasteiger partial charge in [-0.25, -0.2) is 4.98 Å². The van der Waals surface area contributed by atoms with E-state index in [9.17, 15) is 4.79 Å². The number of aromatic amines is 1. The summed E-state index contributed by atoms with van der Waals surface area (Å²) in [5.74, 6) is 0.703. The highest BCUT2D eigenvalue weighted by molar-refractivity contribution is 5.59. The summed E-state index contributed by atoms with van der Waals surface area (Å²) < 4.78 is 0. The fourth-order valence-electron chi connectivity index (χ4n) is 2.41. The van der Waals surface area contributed by atoms with Crippen LogP contribution in [0.4, 0.5) is 0 Å². The van der Waals surface area contributed by atoms with E-state index in [1.807, 2.05) is 31.2 Å². The van der Waals surface area contributed by atoms with Gasteiger partial charge in [0.1, 0.15) is 5.82 Å². The molecule has 1 heterocycles. The van der Waals surface area contributed by atoms with Crippen LogP contribution in [0.2, 0.25) is 0 Å². The molecule has 2 aromatic rings. The van der Waals surface area contributed by atoms with Gasteiger partial charge in [-0.15, -0.1) is 0 Å². The summed E-state index contributed by atoms with van der Waals surface area (Å²) in [5.41, 5.74) is 4.04. The van der Waals surface area contributed by atoms with Gasteiger partial charge in [-0.3, -0.25) is 4.79 Å². The van der Waals surface area contributed by atoms with Crippen LogP contribution in [0.25, 0.3) is 11.4 Å². The summed E-state index contributed by atoms with van der Waals surface area (Å²) in [6.07, 6.45) is 2.84. The fraction of sp³-hybridized carbons (Fsp3) is 0.286. The van der Waals surface area contributed by atoms with Crippen LogP contribution in [0, 0.1) is 6.92 Å². The molecule has 0 atom stereocenters. The molecule has 0 aliphatic heterocycles. The zero-order chi connectivity index (χ0) is 11.8. The number of hydrogen-bond acceptors (Lipinski definition) is 2. The van der Waals surface area contributed by atoms with E-state index in [-0.39, 0.29) is 5.56 Å². The molecule has 3 rings (SSSR count). The molecule has 3 heteroatoms. The number of benzene rings is 1. The van der Waals surface area contributed by atoms with Crippen LogP contribution in [-0.4, -0.2) is 9.97 Å². The van der Waals surface area contributed by atoms with Crippen LogP contribution in [0.1, 0.15) is 23.2 Å². The van der Waals surface area contributed by atoms with Crippen LogP contribution in [-0.2, 0) is 12.8 Å². The molecule has 0 radical (unpaired) electrons. The highest BCUT2D eigenvalue weighted by Crippen LogP contribution is 2.22. The van der Waals surface area contributed by atoms with Crippen LogP contribution in [0.5, 0.6) is 0 Å². The predicted octanol–water partition coefficient (Wildman–Crippen LogP) is 2.23. The maximum absolute atomic E-state index is 11.9. The highest BCUT2D eigenvalue weighted by atomic mass is 16.1. The van der Waals surface area contributed by atoms with E-state index in [0.717, 1.165) is 41.6 Å². The Morgan fingerprint density at radius 1 is 1.24 bits per heavy atom. The summed E-state index contributed by atoms with van der Waals surface area (Å²) in [7, 11) is 0. The molecular weight excluding hydrogens is 212 g/mol. The molecule has 0 saturated carbocycles. The summed E-state index contributed by atoms with van der Waals surface area (Å²) >= 11 is 0. The Bertz CT molecular complexity index is 628. The van der Waals surface area contributed by atoms with E-state index in [1.54, 1.807) is 0 Å². The van der Waals surface area contributed by atoms with Gasteiger partial charge in [0, 0.05) is 11.1 Å². The maximum Gasteiger partial charge on any atom is 0.254 e. The number of H-pyrrole nitrogens is 1. The Labute approximate surface area is 99.5 Å². The van der Waals surface area contributed by atoms with Gasteiger partial charge in [0.25, 0.3) is 5.56 Å². The molecule has 1 aromatic heterocycles. The molecule has 0 bridgehead atoms. The Morgan fingerprint density at radius 3 is 2.88 bits per heavy atom. The van der Waals surface area contributed by atoms with Crippen molar-refractivity contribution in [1.29, 1.82) is 0 Å². The number of nitrogens with one attached hydrogen (secondary N) is 1. The van der Waals surface area contributed by atoms with E-state index in [4.69, 9.17) is 0 Å². The summed E-state index contributed by atoms with van der Waals surface area (Å²) in [6.45, 7) is 2.03. The smallest absolute Gasteiger partial charge is 0.254 e. The molecule has 0 spiro atoms. The number of rotatable bonds is 1. The number of aryl methyl sites for hydroxylation is 2. The van der Waals surface area contributed by atoms with E-state index in [1.165, 1.54) is 0 Å². The second-order valence-corrected chi connectivity index (χ2v) is 4.51. The van der Waals surface area contributed by atoms with Crippen molar-refractivity contribution in [2.45, 2.75) is 26.2 Å². The van der Waals surface area contributed by atoms with E-state index >= 15 is 0 Å². The third kappa shape index (κ3) is 1.68. The lowest BCUT2D eigenvalue weighted by atomic mass is 10.1. The van der Waals surface area contributed by atoms with Gasteiger partial charge >= 0.3 is 0 Å². The SMILES string of the molecule is Cc1ccccc1-c1nc2c(c(=O)[nH]1)CCC2. The van der Waals surface area contributed by atoms with Gasteiger partial charge in [0.15, 0.2) is 0 Å².